The van der Waals surface area contributed by atoms with Gasteiger partial charge in [0.25, 0.3) is 0 Å². The molecule has 1 saturated heterocycles. The van der Waals surface area contributed by atoms with Crippen LogP contribution in [0.15, 0.2) is 75.5 Å². The molecular weight excluding hydrogens is 663 g/mol. The SMILES string of the molecule is CC(C)(C)c1cc2cn(-c3ccc(CNCCCN=C(N)N)cc3)c(=O)nc2[nH]1.CC(C)(C)c1ccc(S(=O)(=O)CCCNC2CCNC2)cc1. The first-order chi connectivity index (χ1) is 24.0. The first-order valence-corrected chi connectivity index (χ1v) is 19.4. The number of aliphatic imine (C=N–C) groups is 1. The predicted molar refractivity (Wildman–Crippen MR) is 208 cm³/mol. The van der Waals surface area contributed by atoms with E-state index in [0.717, 1.165) is 73.5 Å². The summed E-state index contributed by atoms with van der Waals surface area (Å²) in [5.41, 5.74) is 15.1. The fourth-order valence-electron chi connectivity index (χ4n) is 5.68. The van der Waals surface area contributed by atoms with Crippen LogP contribution in [0.4, 0.5) is 0 Å². The van der Waals surface area contributed by atoms with E-state index < -0.39 is 9.84 Å². The van der Waals surface area contributed by atoms with Crippen molar-refractivity contribution < 1.29 is 8.42 Å². The van der Waals surface area contributed by atoms with E-state index in [9.17, 15) is 13.2 Å². The molecule has 2 aromatic heterocycles. The Morgan fingerprint density at radius 1 is 0.980 bits per heavy atom. The van der Waals surface area contributed by atoms with Gasteiger partial charge in [-0.3, -0.25) is 9.56 Å². The van der Waals surface area contributed by atoms with Gasteiger partial charge in [-0.05, 0) is 85.8 Å². The molecule has 13 heteroatoms. The predicted octanol–water partition coefficient (Wildman–Crippen LogP) is 3.86. The Kier molecular flexibility index (Phi) is 13.6. The molecule has 2 aromatic carbocycles. The molecule has 12 nitrogen and oxygen atoms in total. The van der Waals surface area contributed by atoms with E-state index in [1.54, 1.807) is 16.7 Å². The highest BCUT2D eigenvalue weighted by atomic mass is 32.2. The summed E-state index contributed by atoms with van der Waals surface area (Å²) in [6.45, 7) is 17.7. The molecule has 1 fully saturated rings. The summed E-state index contributed by atoms with van der Waals surface area (Å²) in [5, 5.41) is 11.0. The first kappa shape index (κ1) is 39.7. The van der Waals surface area contributed by atoms with Crippen LogP contribution >= 0.6 is 0 Å². The lowest BCUT2D eigenvalue weighted by molar-refractivity contribution is 0.540. The third-order valence-electron chi connectivity index (χ3n) is 8.83. The van der Waals surface area contributed by atoms with Crippen molar-refractivity contribution in [1.29, 1.82) is 0 Å². The highest BCUT2D eigenvalue weighted by molar-refractivity contribution is 7.91. The van der Waals surface area contributed by atoms with Crippen molar-refractivity contribution in [2.24, 2.45) is 16.5 Å². The molecule has 0 bridgehead atoms. The maximum atomic E-state index is 12.5. The van der Waals surface area contributed by atoms with Crippen molar-refractivity contribution in [2.75, 3.05) is 38.5 Å². The van der Waals surface area contributed by atoms with Crippen LogP contribution in [0.5, 0.6) is 0 Å². The average Bonchev–Trinajstić information content (AvgIpc) is 3.75. The lowest BCUT2D eigenvalue weighted by atomic mass is 9.87. The molecule has 1 aliphatic rings. The molecule has 1 unspecified atom stereocenters. The summed E-state index contributed by atoms with van der Waals surface area (Å²) in [6.07, 6.45) is 4.48. The van der Waals surface area contributed by atoms with Gasteiger partial charge in [-0.25, -0.2) is 13.2 Å². The van der Waals surface area contributed by atoms with Crippen LogP contribution in [0.3, 0.4) is 0 Å². The monoisotopic (exact) mass is 719 g/mol. The van der Waals surface area contributed by atoms with Gasteiger partial charge in [-0.1, -0.05) is 65.8 Å². The molecule has 0 radical (unpaired) electrons. The van der Waals surface area contributed by atoms with E-state index in [1.807, 2.05) is 42.6 Å². The Morgan fingerprint density at radius 3 is 2.29 bits per heavy atom. The number of sulfone groups is 1. The number of benzene rings is 2. The van der Waals surface area contributed by atoms with Crippen LogP contribution in [0, 0.1) is 0 Å². The van der Waals surface area contributed by atoms with Crippen molar-refractivity contribution in [2.45, 2.75) is 89.1 Å². The molecule has 0 spiro atoms. The molecule has 0 amide bonds. The van der Waals surface area contributed by atoms with Crippen molar-refractivity contribution in [3.63, 3.8) is 0 Å². The maximum absolute atomic E-state index is 12.5. The van der Waals surface area contributed by atoms with E-state index in [-0.39, 0.29) is 28.2 Å². The Morgan fingerprint density at radius 2 is 1.69 bits per heavy atom. The van der Waals surface area contributed by atoms with E-state index in [1.165, 1.54) is 0 Å². The van der Waals surface area contributed by atoms with E-state index in [0.29, 0.717) is 29.6 Å². The number of nitrogens with zero attached hydrogens (tertiary/aromatic N) is 3. The normalized spacial score (nSPS) is 15.1. The Bertz CT molecular complexity index is 1890. The first-order valence-electron chi connectivity index (χ1n) is 17.8. The molecule has 3 heterocycles. The Balaban J connectivity index is 0.000000238. The van der Waals surface area contributed by atoms with Gasteiger partial charge in [-0.15, -0.1) is 0 Å². The fourth-order valence-corrected chi connectivity index (χ4v) is 6.99. The summed E-state index contributed by atoms with van der Waals surface area (Å²) in [7, 11) is -3.17. The van der Waals surface area contributed by atoms with Gasteiger partial charge in [0.1, 0.15) is 5.65 Å². The number of H-pyrrole nitrogens is 1. The van der Waals surface area contributed by atoms with Gasteiger partial charge in [0.05, 0.1) is 16.3 Å². The lowest BCUT2D eigenvalue weighted by Crippen LogP contribution is -2.32. The van der Waals surface area contributed by atoms with Gasteiger partial charge in [0, 0.05) is 48.4 Å². The summed E-state index contributed by atoms with van der Waals surface area (Å²) in [5.74, 6) is 0.326. The van der Waals surface area contributed by atoms with Crippen LogP contribution in [0.2, 0.25) is 0 Å². The number of hydrogen-bond acceptors (Lipinski definition) is 8. The summed E-state index contributed by atoms with van der Waals surface area (Å²) in [4.78, 5) is 24.3. The third-order valence-corrected chi connectivity index (χ3v) is 10.6. The molecule has 1 aliphatic heterocycles. The van der Waals surface area contributed by atoms with Crippen molar-refractivity contribution >= 4 is 26.8 Å². The van der Waals surface area contributed by atoms with Crippen LogP contribution in [-0.2, 0) is 27.2 Å². The van der Waals surface area contributed by atoms with Crippen molar-refractivity contribution in [3.05, 3.63) is 88.1 Å². The zero-order chi connectivity index (χ0) is 37.2. The number of aromatic amines is 1. The highest BCUT2D eigenvalue weighted by Crippen LogP contribution is 2.25. The van der Waals surface area contributed by atoms with E-state index in [2.05, 4.69) is 78.5 Å². The van der Waals surface area contributed by atoms with E-state index >= 15 is 0 Å². The standard InChI is InChI=1S/C21H29N7O.C17H28N2O2S/c1-21(2,3)17-11-15-13-28(20(29)27-18(15)26-17)16-7-5-14(6-8-16)12-24-9-4-10-25-19(22)23;1-17(2,3)14-5-7-16(8-6-14)22(20,21)12-4-10-19-15-9-11-18-13-15/h5-8,11,13,24H,4,9-10,12H2,1-3H3,(H4,22,23,25)(H,26,27,29);5-8,15,18-19H,4,9-13H2,1-3H3. The topological polar surface area (TPSA) is 185 Å². The Labute approximate surface area is 302 Å². The quantitative estimate of drug-likeness (QED) is 0.0678. The second kappa shape index (κ2) is 17.5. The third kappa shape index (κ3) is 12.0. The molecule has 0 aliphatic carbocycles. The molecule has 51 heavy (non-hydrogen) atoms. The number of rotatable bonds is 13. The van der Waals surface area contributed by atoms with Gasteiger partial charge < -0.3 is 32.4 Å². The Hall–Kier alpha value is -4.04. The summed E-state index contributed by atoms with van der Waals surface area (Å²) >= 11 is 0. The van der Waals surface area contributed by atoms with Gasteiger partial charge in [0.2, 0.25) is 0 Å². The second-order valence-electron chi connectivity index (χ2n) is 15.2. The number of guanidine groups is 1. The van der Waals surface area contributed by atoms with Gasteiger partial charge in [0.15, 0.2) is 15.8 Å². The molecule has 5 rings (SSSR count). The van der Waals surface area contributed by atoms with Crippen LogP contribution < -0.4 is 33.1 Å². The minimum atomic E-state index is -3.17. The molecule has 8 N–H and O–H groups in total. The summed E-state index contributed by atoms with van der Waals surface area (Å²) < 4.78 is 26.3. The smallest absolute Gasteiger partial charge is 0.354 e. The van der Waals surface area contributed by atoms with Gasteiger partial charge >= 0.3 is 5.69 Å². The zero-order valence-corrected chi connectivity index (χ0v) is 31.9. The fraction of sp³-hybridized carbons (Fsp3) is 0.500. The van der Waals surface area contributed by atoms with Crippen molar-refractivity contribution in [3.8, 4) is 5.69 Å². The molecular formula is C38H57N9O3S. The van der Waals surface area contributed by atoms with Crippen molar-refractivity contribution in [1.82, 2.24) is 30.5 Å². The largest absolute Gasteiger partial charge is 0.370 e. The van der Waals surface area contributed by atoms with Gasteiger partial charge in [-0.2, -0.15) is 4.98 Å². The zero-order valence-electron chi connectivity index (χ0n) is 31.1. The average molecular weight is 720 g/mol. The van der Waals surface area contributed by atoms with Crippen LogP contribution in [0.1, 0.15) is 77.6 Å². The number of hydrogen-bond donors (Lipinski definition) is 6. The minimum absolute atomic E-state index is 0.0352. The molecule has 278 valence electrons. The number of nitrogens with two attached hydrogens (primary N) is 2. The number of nitrogens with one attached hydrogen (secondary N) is 4. The number of aromatic nitrogens is 3. The highest BCUT2D eigenvalue weighted by Gasteiger charge is 2.19. The van der Waals surface area contributed by atoms with Crippen LogP contribution in [-0.4, -0.2) is 73.4 Å². The number of fused-ring (bicyclic) bond motifs is 1. The minimum Gasteiger partial charge on any atom is -0.370 e. The van der Waals surface area contributed by atoms with E-state index in [4.69, 9.17) is 11.5 Å². The maximum Gasteiger partial charge on any atom is 0.354 e. The van der Waals surface area contributed by atoms with Crippen LogP contribution in [0.25, 0.3) is 16.7 Å². The second-order valence-corrected chi connectivity index (χ2v) is 17.3. The molecule has 4 aromatic rings. The molecule has 0 saturated carbocycles. The lowest BCUT2D eigenvalue weighted by Gasteiger charge is -2.19. The summed E-state index contributed by atoms with van der Waals surface area (Å²) in [6, 6.07) is 17.8. The molecule has 1 atom stereocenters.